The van der Waals surface area contributed by atoms with E-state index in [-0.39, 0.29) is 40.8 Å². The molecule has 6 aromatic carbocycles. The molecule has 0 amide bonds. The largest absolute Gasteiger partial charge is 0.478 e. The summed E-state index contributed by atoms with van der Waals surface area (Å²) >= 11 is 18.3. The Labute approximate surface area is 827 Å². The number of aryl methyl sites for hydroxylation is 7. The molecule has 728 valence electrons. The van der Waals surface area contributed by atoms with Crippen LogP contribution in [0.3, 0.4) is 0 Å². The third-order valence-corrected chi connectivity index (χ3v) is 25.0. The summed E-state index contributed by atoms with van der Waals surface area (Å²) in [4.78, 5) is 92.5. The number of halogens is 6. The van der Waals surface area contributed by atoms with E-state index in [1.165, 1.54) is 115 Å². The molecule has 0 spiro atoms. The monoisotopic (exact) mass is 1980 g/mol. The number of fused-ring (bicyclic) bond motifs is 6. The van der Waals surface area contributed by atoms with Crippen molar-refractivity contribution >= 4 is 136 Å². The fourth-order valence-corrected chi connectivity index (χ4v) is 17.6. The van der Waals surface area contributed by atoms with Gasteiger partial charge in [0.05, 0.1) is 114 Å². The van der Waals surface area contributed by atoms with E-state index < -0.39 is 48.4 Å². The Hall–Kier alpha value is -15.5. The summed E-state index contributed by atoms with van der Waals surface area (Å²) in [6, 6.07) is 44.1. The van der Waals surface area contributed by atoms with Crippen LogP contribution in [0, 0.1) is 32.6 Å². The second-order valence-corrected chi connectivity index (χ2v) is 36.2. The number of hydrogen-bond acceptors (Lipinski definition) is 18. The standard InChI is InChI=1S/C19H19N3O2.C18H16ClN3O2.C18H19N3O2.C17H13ClF3N3O2.C17H16ClN3O2.C17H17N3O2/c1-12-2-5-18-16(8-12)17(21-22(18)11-13-3-4-13)9-14-10-20-7-6-15(14)19(23)24;19-13-3-4-17-15(8-13)16(21-22(17)10-11-1-2-11)7-12-9-20-6-5-14(12)18(23)24;1-3-8-21-17-5-4-12(2)9-15(17)16(20-21)10-13-11-19-7-6-14(13)18(22)23;18-11-1-2-15-13(8-11)14(23-24(15)6-4-17(19,20)21)7-10-9-22-5-3-12(10)16(25)26;1-2-7-21-16-4-3-12(18)9-14(16)15(20-21)8-11-10-19-6-5-13(11)17(22)23;1-3-20-16-5-4-11(2)8-14(16)15(19-20)9-12-10-18-7-6-13(12)17(21)22/h2,5-8,10,13H,3-4,9,11H2,1H3,(H,23,24);3-6,8-9,11H,1-2,7,10H2,(H,23,24);4-7,9,11H,3,8,10H2,1-2H3,(H,22,23);1-3,5,8-9H,4,6-7H2,(H,25,26);3-6,9-10H,2,7-8H2,1H3,(H,22,23);4-8,10H,3,9H2,1-2H3,(H,21,22). The highest BCUT2D eigenvalue weighted by Crippen LogP contribution is 2.37. The number of rotatable bonds is 29. The molecule has 0 saturated heterocycles. The molecule has 6 N–H and O–H groups in total. The fourth-order valence-electron chi connectivity index (χ4n) is 17.0. The molecule has 36 heteroatoms. The molecule has 20 rings (SSSR count). The Bertz CT molecular complexity index is 7450. The molecule has 0 aliphatic heterocycles. The Morgan fingerprint density at radius 3 is 0.761 bits per heavy atom. The van der Waals surface area contributed by atoms with Crippen molar-refractivity contribution in [2.75, 3.05) is 0 Å². The number of aromatic nitrogens is 18. The van der Waals surface area contributed by atoms with Gasteiger partial charge in [-0.3, -0.25) is 58.0 Å². The lowest BCUT2D eigenvalue weighted by molar-refractivity contribution is -0.137. The molecule has 12 aromatic heterocycles. The van der Waals surface area contributed by atoms with Crippen LogP contribution in [-0.4, -0.2) is 161 Å². The third-order valence-electron chi connectivity index (χ3n) is 24.3. The number of carboxylic acids is 6. The molecule has 0 bridgehead atoms. The second kappa shape index (κ2) is 45.2. The molecule has 2 fully saturated rings. The van der Waals surface area contributed by atoms with Crippen molar-refractivity contribution < 1.29 is 72.6 Å². The van der Waals surface area contributed by atoms with Gasteiger partial charge in [-0.15, -0.1) is 0 Å². The summed E-state index contributed by atoms with van der Waals surface area (Å²) in [5.41, 5.74) is 19.4. The summed E-state index contributed by atoms with van der Waals surface area (Å²) in [7, 11) is 0. The zero-order valence-electron chi connectivity index (χ0n) is 78.3. The van der Waals surface area contributed by atoms with Crippen LogP contribution >= 0.6 is 34.8 Å². The first-order chi connectivity index (χ1) is 68.3. The number of hydrogen-bond donors (Lipinski definition) is 6. The number of nitrogens with zero attached hydrogens (tertiary/aromatic N) is 18. The minimum Gasteiger partial charge on any atom is -0.478 e. The first kappa shape index (κ1) is 101. The van der Waals surface area contributed by atoms with Crippen LogP contribution in [0.25, 0.3) is 65.4 Å². The molecule has 142 heavy (non-hydrogen) atoms. The Kier molecular flexibility index (Phi) is 32.1. The number of carbonyl (C=O) groups is 6. The smallest absolute Gasteiger partial charge is 0.390 e. The molecule has 0 unspecified atom stereocenters. The topological polar surface area (TPSA) is 408 Å². The van der Waals surface area contributed by atoms with Crippen LogP contribution in [0.2, 0.25) is 15.1 Å². The quantitative estimate of drug-likeness (QED) is 0.0253. The van der Waals surface area contributed by atoms with Crippen LogP contribution in [0.15, 0.2) is 220 Å². The van der Waals surface area contributed by atoms with Gasteiger partial charge in [0.2, 0.25) is 0 Å². The third kappa shape index (κ3) is 24.8. The molecular weight excluding hydrogens is 1880 g/mol. The van der Waals surface area contributed by atoms with E-state index in [0.29, 0.717) is 109 Å². The Balaban J connectivity index is 0.000000129. The van der Waals surface area contributed by atoms with Gasteiger partial charge < -0.3 is 30.6 Å². The lowest BCUT2D eigenvalue weighted by Gasteiger charge is -2.07. The summed E-state index contributed by atoms with van der Waals surface area (Å²) in [5.74, 6) is -4.39. The van der Waals surface area contributed by atoms with Crippen molar-refractivity contribution in [2.45, 2.75) is 170 Å². The van der Waals surface area contributed by atoms with E-state index in [2.05, 4.69) is 125 Å². The molecule has 0 radical (unpaired) electrons. The van der Waals surface area contributed by atoms with E-state index in [1.54, 1.807) is 55.2 Å². The van der Waals surface area contributed by atoms with Gasteiger partial charge in [0.1, 0.15) is 0 Å². The molecular formula is C106H100Cl3F3N18O12. The first-order valence-corrected chi connectivity index (χ1v) is 47.3. The Morgan fingerprint density at radius 2 is 0.528 bits per heavy atom. The van der Waals surface area contributed by atoms with E-state index in [1.807, 2.05) is 75.9 Å². The maximum atomic E-state index is 12.6. The minimum atomic E-state index is -4.30. The number of alkyl halides is 3. The SMILES string of the molecule is CCCn1nc(Cc2cnccc2C(=O)O)c2cc(C)ccc21.CCCn1nc(Cc2cnccc2C(=O)O)c2cc(Cl)ccc21.CCn1nc(Cc2cnccc2C(=O)O)c2cc(C)ccc21.Cc1ccc2c(c1)c(Cc1cnccc1C(=O)O)nn2CC1CC1.O=C(O)c1ccncc1Cc1nn(CC2CC2)c2ccc(Cl)cc12.O=C(O)c1ccncc1Cc1nn(CCC(F)(F)F)c2ccc(Cl)cc12. The zero-order chi connectivity index (χ0) is 101. The molecule has 30 nitrogen and oxygen atoms in total. The molecule has 0 atom stereocenters. The average Bonchev–Trinajstić information content (AvgIpc) is 1.61. The van der Waals surface area contributed by atoms with E-state index >= 15 is 0 Å². The van der Waals surface area contributed by atoms with Crippen molar-refractivity contribution in [3.05, 3.63) is 353 Å². The van der Waals surface area contributed by atoms with Gasteiger partial charge >= 0.3 is 42.0 Å². The highest BCUT2D eigenvalue weighted by molar-refractivity contribution is 6.32. The molecule has 12 heterocycles. The lowest BCUT2D eigenvalue weighted by Crippen LogP contribution is -2.13. The van der Waals surface area contributed by atoms with Gasteiger partial charge in [-0.2, -0.15) is 43.8 Å². The normalized spacial score (nSPS) is 12.3. The van der Waals surface area contributed by atoms with Gasteiger partial charge in [-0.05, 0) is 239 Å². The maximum absolute atomic E-state index is 12.6. The molecule has 18 aromatic rings. The maximum Gasteiger partial charge on any atom is 0.390 e. The van der Waals surface area contributed by atoms with Crippen LogP contribution in [0.1, 0.15) is 212 Å². The van der Waals surface area contributed by atoms with Gasteiger partial charge in [0.15, 0.2) is 0 Å². The first-order valence-electron chi connectivity index (χ1n) is 46.1. The summed E-state index contributed by atoms with van der Waals surface area (Å²) in [5, 5.41) is 91.3. The van der Waals surface area contributed by atoms with E-state index in [9.17, 15) is 72.6 Å². The zero-order valence-corrected chi connectivity index (χ0v) is 80.6. The van der Waals surface area contributed by atoms with Crippen molar-refractivity contribution in [1.82, 2.24) is 88.6 Å². The van der Waals surface area contributed by atoms with E-state index in [4.69, 9.17) is 50.1 Å². The van der Waals surface area contributed by atoms with Crippen LogP contribution < -0.4 is 0 Å². The lowest BCUT2D eigenvalue weighted by atomic mass is 10.0. The van der Waals surface area contributed by atoms with Gasteiger partial charge in [0, 0.05) is 193 Å². The highest BCUT2D eigenvalue weighted by Gasteiger charge is 2.31. The number of benzene rings is 6. The van der Waals surface area contributed by atoms with Crippen LogP contribution in [0.4, 0.5) is 13.2 Å². The van der Waals surface area contributed by atoms with Gasteiger partial charge in [0.25, 0.3) is 0 Å². The van der Waals surface area contributed by atoms with Gasteiger partial charge in [-0.25, -0.2) is 28.8 Å². The summed E-state index contributed by atoms with van der Waals surface area (Å²) in [6.07, 6.45) is 22.3. The number of carboxylic acid groups (broad SMARTS) is 6. The van der Waals surface area contributed by atoms with Crippen molar-refractivity contribution in [1.29, 1.82) is 0 Å². The van der Waals surface area contributed by atoms with Crippen LogP contribution in [0.5, 0.6) is 0 Å². The second-order valence-electron chi connectivity index (χ2n) is 34.9. The highest BCUT2D eigenvalue weighted by atomic mass is 35.5. The number of pyridine rings is 6. The predicted octanol–water partition coefficient (Wildman–Crippen LogP) is 21.8. The van der Waals surface area contributed by atoms with Crippen LogP contribution in [-0.2, 0) is 77.8 Å². The number of aromatic carboxylic acids is 6. The molecule has 2 aliphatic carbocycles. The summed E-state index contributed by atoms with van der Waals surface area (Å²) in [6.45, 7) is 16.3. The fraction of sp³-hybridized carbons (Fsp3) is 0.264. The van der Waals surface area contributed by atoms with Crippen molar-refractivity contribution in [3.8, 4) is 0 Å². The molecule has 2 saturated carbocycles. The van der Waals surface area contributed by atoms with E-state index in [0.717, 1.165) is 140 Å². The average molecular weight is 1980 g/mol. The van der Waals surface area contributed by atoms with Gasteiger partial charge in [-0.1, -0.05) is 83.5 Å². The minimum absolute atomic E-state index is 0.0695. The Morgan fingerprint density at radius 1 is 0.310 bits per heavy atom. The summed E-state index contributed by atoms with van der Waals surface area (Å²) < 4.78 is 49.0. The van der Waals surface area contributed by atoms with Crippen molar-refractivity contribution in [2.24, 2.45) is 11.8 Å². The van der Waals surface area contributed by atoms with Crippen molar-refractivity contribution in [3.63, 3.8) is 0 Å². The molecule has 2 aliphatic rings. The predicted molar refractivity (Wildman–Crippen MR) is 534 cm³/mol.